The van der Waals surface area contributed by atoms with Crippen molar-refractivity contribution in [3.05, 3.63) is 35.9 Å². The molecule has 0 saturated carbocycles. The Bertz CT molecular complexity index is 1020. The van der Waals surface area contributed by atoms with E-state index < -0.39 is 50.4 Å². The largest absolute Gasteiger partial charge is 0.444 e. The predicted octanol–water partition coefficient (Wildman–Crippen LogP) is 3.17. The van der Waals surface area contributed by atoms with E-state index in [1.54, 1.807) is 20.8 Å². The average Bonchev–Trinajstić information content (AvgIpc) is 3.11. The average molecular weight is 496 g/mol. The standard InChI is InChI=1S/C24H34FN3O5S/c1-23(2,3)33-22(30)27-20(21(29)28-16-18(25)14-19(28)15-26)24(4,5)34(31,32)13-9-12-17-10-7-6-8-11-17/h6-8,10-11,18-20H,9,12-14,16H2,1-5H3,(H,27,30)/t18-,19-,20+/m0/s1. The highest BCUT2D eigenvalue weighted by atomic mass is 32.2. The number of halogens is 1. The molecule has 188 valence electrons. The maximum Gasteiger partial charge on any atom is 0.408 e. The number of nitrogens with zero attached hydrogens (tertiary/aromatic N) is 2. The van der Waals surface area contributed by atoms with Gasteiger partial charge in [-0.2, -0.15) is 5.26 Å². The maximum atomic E-state index is 14.0. The van der Waals surface area contributed by atoms with Crippen LogP contribution in [0, 0.1) is 11.3 Å². The molecule has 1 saturated heterocycles. The Morgan fingerprint density at radius 3 is 2.41 bits per heavy atom. The lowest BCUT2D eigenvalue weighted by atomic mass is 10.0. The summed E-state index contributed by atoms with van der Waals surface area (Å²) in [5, 5.41) is 11.8. The van der Waals surface area contributed by atoms with Gasteiger partial charge in [0.25, 0.3) is 0 Å². The first-order valence-electron chi connectivity index (χ1n) is 11.3. The molecule has 1 fully saturated rings. The summed E-state index contributed by atoms with van der Waals surface area (Å²) in [5.74, 6) is -1.04. The third-order valence-corrected chi connectivity index (χ3v) is 8.47. The number of carbonyl (C=O) groups is 2. The number of aryl methyl sites for hydroxylation is 1. The number of hydrogen-bond acceptors (Lipinski definition) is 6. The second kappa shape index (κ2) is 10.7. The van der Waals surface area contributed by atoms with Crippen LogP contribution in [0.5, 0.6) is 0 Å². The number of rotatable bonds is 8. The van der Waals surface area contributed by atoms with Crippen molar-refractivity contribution >= 4 is 21.8 Å². The predicted molar refractivity (Wildman–Crippen MR) is 126 cm³/mol. The summed E-state index contributed by atoms with van der Waals surface area (Å²) in [4.78, 5) is 27.0. The molecule has 8 nitrogen and oxygen atoms in total. The lowest BCUT2D eigenvalue weighted by Gasteiger charge is -2.36. The van der Waals surface area contributed by atoms with E-state index in [0.29, 0.717) is 12.8 Å². The molecule has 0 aliphatic carbocycles. The molecule has 10 heteroatoms. The van der Waals surface area contributed by atoms with E-state index in [2.05, 4.69) is 5.32 Å². The van der Waals surface area contributed by atoms with Crippen molar-refractivity contribution in [3.63, 3.8) is 0 Å². The number of alkyl halides is 1. The molecule has 1 aromatic carbocycles. The lowest BCUT2D eigenvalue weighted by molar-refractivity contribution is -0.134. The summed E-state index contributed by atoms with van der Waals surface area (Å²) in [5.41, 5.74) is 0.0985. The van der Waals surface area contributed by atoms with Crippen molar-refractivity contribution in [2.45, 2.75) is 82.5 Å². The molecule has 2 amide bonds. The molecule has 0 radical (unpaired) electrons. The van der Waals surface area contributed by atoms with Crippen LogP contribution in [0.15, 0.2) is 30.3 Å². The first kappa shape index (κ1) is 27.6. The van der Waals surface area contributed by atoms with E-state index in [1.165, 1.54) is 13.8 Å². The molecule has 1 aliphatic heterocycles. The molecular formula is C24H34FN3O5S. The molecule has 1 heterocycles. The van der Waals surface area contributed by atoms with Gasteiger partial charge in [-0.1, -0.05) is 30.3 Å². The fourth-order valence-electron chi connectivity index (χ4n) is 3.83. The fraction of sp³-hybridized carbons (Fsp3) is 0.625. The van der Waals surface area contributed by atoms with Crippen LogP contribution >= 0.6 is 0 Å². The quantitative estimate of drug-likeness (QED) is 0.592. The minimum absolute atomic E-state index is 0.161. The van der Waals surface area contributed by atoms with E-state index in [4.69, 9.17) is 4.74 Å². The second-order valence-electron chi connectivity index (χ2n) is 10.1. The maximum absolute atomic E-state index is 14.0. The summed E-state index contributed by atoms with van der Waals surface area (Å²) in [6, 6.07) is 8.69. The number of carbonyl (C=O) groups excluding carboxylic acids is 2. The van der Waals surface area contributed by atoms with Crippen LogP contribution in [0.4, 0.5) is 9.18 Å². The van der Waals surface area contributed by atoms with Gasteiger partial charge in [0, 0.05) is 6.42 Å². The SMILES string of the molecule is CC(C)(C)OC(=O)N[C@H](C(=O)N1C[C@@H](F)C[C@H]1C#N)C(C)(C)S(=O)(=O)CCCc1ccccc1. The molecule has 0 spiro atoms. The molecule has 1 aromatic rings. The van der Waals surface area contributed by atoms with Crippen LogP contribution in [-0.2, 0) is 25.8 Å². The van der Waals surface area contributed by atoms with E-state index in [-0.39, 0.29) is 18.7 Å². The van der Waals surface area contributed by atoms with Gasteiger partial charge < -0.3 is 15.0 Å². The van der Waals surface area contributed by atoms with E-state index >= 15 is 0 Å². The Morgan fingerprint density at radius 2 is 1.85 bits per heavy atom. The number of benzene rings is 1. The van der Waals surface area contributed by atoms with Crippen molar-refractivity contribution in [1.82, 2.24) is 10.2 Å². The van der Waals surface area contributed by atoms with E-state index in [9.17, 15) is 27.7 Å². The summed E-state index contributed by atoms with van der Waals surface area (Å²) >= 11 is 0. The second-order valence-corrected chi connectivity index (χ2v) is 12.7. The van der Waals surface area contributed by atoms with Gasteiger partial charge >= 0.3 is 6.09 Å². The zero-order chi connectivity index (χ0) is 25.7. The van der Waals surface area contributed by atoms with Gasteiger partial charge in [0.1, 0.15) is 23.9 Å². The highest BCUT2D eigenvalue weighted by Gasteiger charge is 2.50. The molecule has 0 unspecified atom stereocenters. The minimum Gasteiger partial charge on any atom is -0.444 e. The van der Waals surface area contributed by atoms with Gasteiger partial charge in [0.2, 0.25) is 5.91 Å². The Labute approximate surface area is 201 Å². The van der Waals surface area contributed by atoms with Crippen LogP contribution in [0.2, 0.25) is 0 Å². The van der Waals surface area contributed by atoms with Crippen LogP contribution < -0.4 is 5.32 Å². The molecule has 3 atom stereocenters. The highest BCUT2D eigenvalue weighted by Crippen LogP contribution is 2.29. The zero-order valence-electron chi connectivity index (χ0n) is 20.4. The Kier molecular flexibility index (Phi) is 8.70. The molecule has 2 rings (SSSR count). The monoisotopic (exact) mass is 495 g/mol. The number of ether oxygens (including phenoxy) is 1. The molecule has 0 aromatic heterocycles. The number of nitriles is 1. The number of nitrogens with one attached hydrogen (secondary N) is 1. The van der Waals surface area contributed by atoms with Crippen molar-refractivity contribution in [1.29, 1.82) is 5.26 Å². The van der Waals surface area contributed by atoms with Crippen molar-refractivity contribution in [3.8, 4) is 6.07 Å². The molecular weight excluding hydrogens is 461 g/mol. The normalized spacial score (nSPS) is 19.9. The van der Waals surface area contributed by atoms with E-state index in [0.717, 1.165) is 10.5 Å². The fourth-order valence-corrected chi connectivity index (χ4v) is 5.40. The number of alkyl carbamates (subject to hydrolysis) is 1. The number of amides is 2. The summed E-state index contributed by atoms with van der Waals surface area (Å²) < 4.78 is 44.3. The first-order chi connectivity index (χ1) is 15.7. The molecule has 1 aliphatic rings. The topological polar surface area (TPSA) is 117 Å². The molecule has 0 bridgehead atoms. The Hall–Kier alpha value is -2.67. The number of hydrogen-bond donors (Lipinski definition) is 1. The summed E-state index contributed by atoms with van der Waals surface area (Å²) in [6.07, 6.45) is -1.68. The molecule has 34 heavy (non-hydrogen) atoms. The van der Waals surface area contributed by atoms with Crippen LogP contribution in [0.1, 0.15) is 53.0 Å². The third kappa shape index (κ3) is 6.92. The summed E-state index contributed by atoms with van der Waals surface area (Å²) in [6.45, 7) is 7.27. The van der Waals surface area contributed by atoms with Gasteiger partial charge in [-0.25, -0.2) is 17.6 Å². The van der Waals surface area contributed by atoms with Gasteiger partial charge in [-0.05, 0) is 53.0 Å². The third-order valence-electron chi connectivity index (χ3n) is 5.81. The van der Waals surface area contributed by atoms with Gasteiger partial charge in [0.05, 0.1) is 23.1 Å². The van der Waals surface area contributed by atoms with Crippen LogP contribution in [-0.4, -0.2) is 66.2 Å². The zero-order valence-corrected chi connectivity index (χ0v) is 21.2. The van der Waals surface area contributed by atoms with Crippen LogP contribution in [0.3, 0.4) is 0 Å². The first-order valence-corrected chi connectivity index (χ1v) is 12.9. The minimum atomic E-state index is -3.93. The Balaban J connectivity index is 2.29. The number of sulfone groups is 1. The smallest absolute Gasteiger partial charge is 0.408 e. The van der Waals surface area contributed by atoms with Gasteiger partial charge in [0.15, 0.2) is 9.84 Å². The van der Waals surface area contributed by atoms with E-state index in [1.807, 2.05) is 36.4 Å². The van der Waals surface area contributed by atoms with Crippen molar-refractivity contribution < 1.29 is 27.1 Å². The molecule has 1 N–H and O–H groups in total. The van der Waals surface area contributed by atoms with Crippen molar-refractivity contribution in [2.24, 2.45) is 0 Å². The number of likely N-dealkylation sites (tertiary alicyclic amines) is 1. The van der Waals surface area contributed by atoms with Gasteiger partial charge in [-0.3, -0.25) is 4.79 Å². The Morgan fingerprint density at radius 1 is 1.24 bits per heavy atom. The van der Waals surface area contributed by atoms with Crippen molar-refractivity contribution in [2.75, 3.05) is 12.3 Å². The lowest BCUT2D eigenvalue weighted by Crippen LogP contribution is -2.62. The summed E-state index contributed by atoms with van der Waals surface area (Å²) in [7, 11) is -3.93. The van der Waals surface area contributed by atoms with Gasteiger partial charge in [-0.15, -0.1) is 0 Å². The highest BCUT2D eigenvalue weighted by molar-refractivity contribution is 7.92. The van der Waals surface area contributed by atoms with Crippen LogP contribution in [0.25, 0.3) is 0 Å².